The van der Waals surface area contributed by atoms with Gasteiger partial charge in [0, 0.05) is 19.0 Å². The SMILES string of the molecule is CN1C=NC2=CC=C(C(F)(F)F)C[C@]21C. The second kappa shape index (κ2) is 2.87. The number of nitrogens with zero attached hydrogens (tertiary/aromatic N) is 2. The van der Waals surface area contributed by atoms with Crippen molar-refractivity contribution in [2.24, 2.45) is 4.99 Å². The van der Waals surface area contributed by atoms with Gasteiger partial charge in [-0.25, -0.2) is 4.99 Å². The number of aliphatic imine (C=N–C) groups is 1. The van der Waals surface area contributed by atoms with E-state index in [9.17, 15) is 13.2 Å². The van der Waals surface area contributed by atoms with E-state index in [2.05, 4.69) is 4.99 Å². The summed E-state index contributed by atoms with van der Waals surface area (Å²) in [7, 11) is 1.74. The van der Waals surface area contributed by atoms with Crippen molar-refractivity contribution < 1.29 is 13.2 Å². The third-order valence-electron chi connectivity index (χ3n) is 3.04. The lowest BCUT2D eigenvalue weighted by molar-refractivity contribution is -0.0966. The highest BCUT2D eigenvalue weighted by Gasteiger charge is 2.45. The van der Waals surface area contributed by atoms with Crippen molar-refractivity contribution in [1.82, 2.24) is 4.90 Å². The molecule has 1 heterocycles. The van der Waals surface area contributed by atoms with Gasteiger partial charge < -0.3 is 4.90 Å². The largest absolute Gasteiger partial charge is 0.412 e. The molecular weight excluding hydrogens is 205 g/mol. The van der Waals surface area contributed by atoms with Crippen LogP contribution in [0.25, 0.3) is 0 Å². The molecule has 0 amide bonds. The lowest BCUT2D eigenvalue weighted by atomic mass is 9.85. The van der Waals surface area contributed by atoms with E-state index in [0.717, 1.165) is 6.08 Å². The Labute approximate surface area is 85.8 Å². The minimum absolute atomic E-state index is 0.0428. The summed E-state index contributed by atoms with van der Waals surface area (Å²) in [4.78, 5) is 5.80. The van der Waals surface area contributed by atoms with Gasteiger partial charge in [0.05, 0.1) is 17.6 Å². The summed E-state index contributed by atoms with van der Waals surface area (Å²) in [6, 6.07) is 0. The molecule has 0 aromatic rings. The number of rotatable bonds is 0. The van der Waals surface area contributed by atoms with Crippen LogP contribution in [0.15, 0.2) is 28.4 Å². The fourth-order valence-corrected chi connectivity index (χ4v) is 1.84. The normalized spacial score (nSPS) is 30.1. The third kappa shape index (κ3) is 1.46. The van der Waals surface area contributed by atoms with E-state index in [4.69, 9.17) is 0 Å². The van der Waals surface area contributed by atoms with Crippen LogP contribution < -0.4 is 0 Å². The standard InChI is InChI=1S/C10H11F3N2/c1-9-5-7(10(11,12)13)3-4-8(9)14-6-15(9)2/h3-4,6H,5H2,1-2H3/t9-/m1/s1. The van der Waals surface area contributed by atoms with Crippen molar-refractivity contribution in [3.63, 3.8) is 0 Å². The second-order valence-electron chi connectivity index (χ2n) is 4.05. The van der Waals surface area contributed by atoms with Crippen LogP contribution in [-0.2, 0) is 0 Å². The first-order chi connectivity index (χ1) is 6.84. The molecule has 1 aliphatic carbocycles. The molecular formula is C10H11F3N2. The third-order valence-corrected chi connectivity index (χ3v) is 3.04. The Kier molecular flexibility index (Phi) is 1.96. The fraction of sp³-hybridized carbons (Fsp3) is 0.500. The number of allylic oxidation sites excluding steroid dienone is 2. The summed E-state index contributed by atoms with van der Waals surface area (Å²) >= 11 is 0. The first kappa shape index (κ1) is 10.3. The van der Waals surface area contributed by atoms with Crippen molar-refractivity contribution >= 4 is 6.34 Å². The molecule has 0 aromatic heterocycles. The van der Waals surface area contributed by atoms with Crippen LogP contribution >= 0.6 is 0 Å². The number of halogens is 3. The molecule has 0 radical (unpaired) electrons. The molecule has 0 N–H and O–H groups in total. The van der Waals surface area contributed by atoms with E-state index >= 15 is 0 Å². The van der Waals surface area contributed by atoms with Crippen molar-refractivity contribution in [2.75, 3.05) is 7.05 Å². The zero-order valence-electron chi connectivity index (χ0n) is 8.47. The molecule has 15 heavy (non-hydrogen) atoms. The predicted molar refractivity (Wildman–Crippen MR) is 51.5 cm³/mol. The highest BCUT2D eigenvalue weighted by molar-refractivity contribution is 5.65. The van der Waals surface area contributed by atoms with E-state index in [1.807, 2.05) is 0 Å². The van der Waals surface area contributed by atoms with E-state index in [1.54, 1.807) is 25.2 Å². The van der Waals surface area contributed by atoms with Crippen LogP contribution in [0.2, 0.25) is 0 Å². The number of likely N-dealkylation sites (N-methyl/N-ethyl adjacent to an activating group) is 1. The second-order valence-corrected chi connectivity index (χ2v) is 4.05. The minimum atomic E-state index is -4.24. The van der Waals surface area contributed by atoms with E-state index in [0.29, 0.717) is 5.70 Å². The molecule has 1 atom stereocenters. The molecule has 5 heteroatoms. The predicted octanol–water partition coefficient (Wildman–Crippen LogP) is 2.50. The number of fused-ring (bicyclic) bond motifs is 1. The molecule has 0 fully saturated rings. The molecule has 1 aliphatic heterocycles. The summed E-state index contributed by atoms with van der Waals surface area (Å²) in [5.74, 6) is 0. The maximum Gasteiger partial charge on any atom is 0.412 e. The smallest absolute Gasteiger partial charge is 0.354 e. The van der Waals surface area contributed by atoms with Crippen molar-refractivity contribution in [2.45, 2.75) is 25.1 Å². The molecule has 0 aromatic carbocycles. The summed E-state index contributed by atoms with van der Waals surface area (Å²) in [5.41, 5.74) is -0.441. The molecule has 0 saturated carbocycles. The maximum atomic E-state index is 12.5. The average Bonchev–Trinajstić information content (AvgIpc) is 2.41. The Morgan fingerprint density at radius 3 is 2.67 bits per heavy atom. The lowest BCUT2D eigenvalue weighted by Crippen LogP contribution is -2.42. The van der Waals surface area contributed by atoms with E-state index < -0.39 is 17.3 Å². The number of alkyl halides is 3. The van der Waals surface area contributed by atoms with Gasteiger partial charge in [0.2, 0.25) is 0 Å². The van der Waals surface area contributed by atoms with Crippen molar-refractivity contribution in [3.8, 4) is 0 Å². The van der Waals surface area contributed by atoms with Crippen molar-refractivity contribution in [3.05, 3.63) is 23.4 Å². The van der Waals surface area contributed by atoms with Gasteiger partial charge in [0.1, 0.15) is 0 Å². The van der Waals surface area contributed by atoms with Crippen LogP contribution in [-0.4, -0.2) is 30.0 Å². The Morgan fingerprint density at radius 2 is 2.07 bits per heavy atom. The fourth-order valence-electron chi connectivity index (χ4n) is 1.84. The zero-order valence-corrected chi connectivity index (χ0v) is 8.47. The van der Waals surface area contributed by atoms with Gasteiger partial charge in [-0.3, -0.25) is 0 Å². The van der Waals surface area contributed by atoms with Crippen LogP contribution in [0, 0.1) is 0 Å². The maximum absolute atomic E-state index is 12.5. The van der Waals surface area contributed by atoms with Crippen molar-refractivity contribution in [1.29, 1.82) is 0 Å². The average molecular weight is 216 g/mol. The van der Waals surface area contributed by atoms with E-state index in [1.165, 1.54) is 6.08 Å². The molecule has 0 unspecified atom stereocenters. The Bertz CT molecular complexity index is 379. The van der Waals surface area contributed by atoms with Crippen LogP contribution in [0.1, 0.15) is 13.3 Å². The molecule has 2 rings (SSSR count). The van der Waals surface area contributed by atoms with Gasteiger partial charge in [-0.1, -0.05) is 6.08 Å². The van der Waals surface area contributed by atoms with E-state index in [-0.39, 0.29) is 6.42 Å². The molecule has 0 spiro atoms. The number of hydrogen-bond donors (Lipinski definition) is 0. The van der Waals surface area contributed by atoms with Gasteiger partial charge in [0.25, 0.3) is 0 Å². The zero-order chi connectivity index (χ0) is 11.3. The Morgan fingerprint density at radius 1 is 1.40 bits per heavy atom. The Hall–Kier alpha value is -1.26. The Balaban J connectivity index is 2.37. The molecule has 82 valence electrons. The summed E-state index contributed by atoms with van der Waals surface area (Å²) in [6.07, 6.45) is -0.147. The minimum Gasteiger partial charge on any atom is -0.354 e. The van der Waals surface area contributed by atoms with Gasteiger partial charge in [-0.15, -0.1) is 0 Å². The van der Waals surface area contributed by atoms with Gasteiger partial charge in [-0.05, 0) is 13.0 Å². The topological polar surface area (TPSA) is 15.6 Å². The molecule has 2 nitrogen and oxygen atoms in total. The summed E-state index contributed by atoms with van der Waals surface area (Å²) < 4.78 is 37.6. The quantitative estimate of drug-likeness (QED) is 0.607. The van der Waals surface area contributed by atoms with Gasteiger partial charge in [-0.2, -0.15) is 13.2 Å². The van der Waals surface area contributed by atoms with Crippen LogP contribution in [0.5, 0.6) is 0 Å². The molecule has 0 saturated heterocycles. The lowest BCUT2D eigenvalue weighted by Gasteiger charge is -2.36. The van der Waals surface area contributed by atoms with Crippen LogP contribution in [0.3, 0.4) is 0 Å². The van der Waals surface area contributed by atoms with Gasteiger partial charge in [0.15, 0.2) is 0 Å². The van der Waals surface area contributed by atoms with Gasteiger partial charge >= 0.3 is 6.18 Å². The highest BCUT2D eigenvalue weighted by atomic mass is 19.4. The first-order valence-electron chi connectivity index (χ1n) is 4.60. The summed E-state index contributed by atoms with van der Waals surface area (Å²) in [5, 5.41) is 0. The van der Waals surface area contributed by atoms with Crippen LogP contribution in [0.4, 0.5) is 13.2 Å². The highest BCUT2D eigenvalue weighted by Crippen LogP contribution is 2.42. The molecule has 2 aliphatic rings. The summed E-state index contributed by atoms with van der Waals surface area (Å²) in [6.45, 7) is 1.77. The number of hydrogen-bond acceptors (Lipinski definition) is 2. The molecule has 0 bridgehead atoms. The monoisotopic (exact) mass is 216 g/mol. The first-order valence-corrected chi connectivity index (χ1v) is 4.60.